The smallest absolute Gasteiger partial charge is 0.220 e. The number of amides is 1. The summed E-state index contributed by atoms with van der Waals surface area (Å²) in [4.78, 5) is 11.9. The summed E-state index contributed by atoms with van der Waals surface area (Å²) >= 11 is 0. The van der Waals surface area contributed by atoms with Gasteiger partial charge >= 0.3 is 0 Å². The number of carbonyl (C=O) groups is 1. The van der Waals surface area contributed by atoms with Gasteiger partial charge in [-0.2, -0.15) is 0 Å². The molecule has 0 bridgehead atoms. The van der Waals surface area contributed by atoms with Gasteiger partial charge in [-0.3, -0.25) is 4.79 Å². The summed E-state index contributed by atoms with van der Waals surface area (Å²) in [6.45, 7) is 2.84. The topological polar surface area (TPSA) is 49.3 Å². The van der Waals surface area contributed by atoms with Crippen molar-refractivity contribution in [1.82, 2.24) is 5.32 Å². The number of aliphatic hydroxyl groups excluding tert-OH is 1. The molecule has 0 saturated carbocycles. The molecule has 0 aliphatic rings. The number of carbonyl (C=O) groups excluding carboxylic acids is 1. The molecule has 0 spiro atoms. The molecule has 0 aromatic heterocycles. The largest absolute Gasteiger partial charge is 0.392 e. The van der Waals surface area contributed by atoms with Gasteiger partial charge in [0.05, 0.1) is 6.61 Å². The van der Waals surface area contributed by atoms with Gasteiger partial charge in [0.1, 0.15) is 0 Å². The molecule has 2 N–H and O–H groups in total. The fraction of sp³-hybridized carbons (Fsp3) is 0.679. The molecule has 0 aliphatic carbocycles. The maximum Gasteiger partial charge on any atom is 0.220 e. The van der Waals surface area contributed by atoms with Crippen LogP contribution in [0.4, 0.5) is 0 Å². The number of aliphatic hydroxyl groups is 1. The highest BCUT2D eigenvalue weighted by molar-refractivity contribution is 5.75. The quantitative estimate of drug-likeness (QED) is 0.165. The van der Waals surface area contributed by atoms with Crippen molar-refractivity contribution < 1.29 is 9.90 Å². The lowest BCUT2D eigenvalue weighted by atomic mass is 10.0. The van der Waals surface area contributed by atoms with Crippen LogP contribution in [0.1, 0.15) is 121 Å². The molecule has 31 heavy (non-hydrogen) atoms. The minimum Gasteiger partial charge on any atom is -0.392 e. The summed E-state index contributed by atoms with van der Waals surface area (Å²) in [6, 6.07) is 7.69. The second kappa shape index (κ2) is 20.3. The summed E-state index contributed by atoms with van der Waals surface area (Å²) in [5.41, 5.74) is 1.91. The van der Waals surface area contributed by atoms with Gasteiger partial charge in [-0.1, -0.05) is 114 Å². The molecule has 0 unspecified atom stereocenters. The number of hydrogen-bond acceptors (Lipinski definition) is 2. The molecule has 1 aromatic rings. The van der Waals surface area contributed by atoms with Crippen LogP contribution in [0.15, 0.2) is 36.4 Å². The lowest BCUT2D eigenvalue weighted by molar-refractivity contribution is -0.121. The lowest BCUT2D eigenvalue weighted by Gasteiger charge is -2.06. The zero-order valence-corrected chi connectivity index (χ0v) is 20.0. The van der Waals surface area contributed by atoms with E-state index < -0.39 is 0 Å². The van der Waals surface area contributed by atoms with Crippen molar-refractivity contribution in [1.29, 1.82) is 0 Å². The van der Waals surface area contributed by atoms with Crippen LogP contribution in [-0.2, 0) is 17.9 Å². The zero-order valence-electron chi connectivity index (χ0n) is 20.0. The standard InChI is InChI=1S/C28H47NO2/c1-2-3-4-5-6-7-8-9-10-11-12-13-14-15-16-17-18-22-28(31)29-24-26-20-19-21-27(23-26)25-30/h15-16,19-21,23,30H,2-14,17-18,22,24-25H2,1H3,(H,29,31)/b16-15-. The van der Waals surface area contributed by atoms with E-state index in [1.165, 1.54) is 83.5 Å². The van der Waals surface area contributed by atoms with E-state index in [-0.39, 0.29) is 12.5 Å². The van der Waals surface area contributed by atoms with E-state index in [2.05, 4.69) is 24.4 Å². The Morgan fingerprint density at radius 1 is 0.806 bits per heavy atom. The molecule has 0 radical (unpaired) electrons. The molecular formula is C28H47NO2. The Labute approximate surface area is 191 Å². The third kappa shape index (κ3) is 16.7. The fourth-order valence-electron chi connectivity index (χ4n) is 3.85. The van der Waals surface area contributed by atoms with Gasteiger partial charge in [-0.15, -0.1) is 0 Å². The van der Waals surface area contributed by atoms with Crippen molar-refractivity contribution in [2.75, 3.05) is 0 Å². The van der Waals surface area contributed by atoms with Crippen molar-refractivity contribution in [2.24, 2.45) is 0 Å². The van der Waals surface area contributed by atoms with E-state index >= 15 is 0 Å². The van der Waals surface area contributed by atoms with Crippen LogP contribution in [0.2, 0.25) is 0 Å². The first-order chi connectivity index (χ1) is 15.3. The van der Waals surface area contributed by atoms with Crippen LogP contribution >= 0.6 is 0 Å². The summed E-state index contributed by atoms with van der Waals surface area (Å²) < 4.78 is 0. The Morgan fingerprint density at radius 2 is 1.35 bits per heavy atom. The molecule has 0 fully saturated rings. The fourth-order valence-corrected chi connectivity index (χ4v) is 3.85. The van der Waals surface area contributed by atoms with Crippen molar-refractivity contribution in [2.45, 2.75) is 123 Å². The Bertz CT molecular complexity index is 582. The van der Waals surface area contributed by atoms with Gasteiger partial charge in [0.25, 0.3) is 0 Å². The Hall–Kier alpha value is -1.61. The molecule has 1 rings (SSSR count). The number of benzene rings is 1. The van der Waals surface area contributed by atoms with Crippen molar-refractivity contribution >= 4 is 5.91 Å². The second-order valence-electron chi connectivity index (χ2n) is 8.80. The summed E-state index contributed by atoms with van der Waals surface area (Å²) in [6.07, 6.45) is 24.9. The maximum atomic E-state index is 11.9. The van der Waals surface area contributed by atoms with E-state index in [0.29, 0.717) is 13.0 Å². The highest BCUT2D eigenvalue weighted by Crippen LogP contribution is 2.12. The van der Waals surface area contributed by atoms with E-state index in [9.17, 15) is 4.79 Å². The van der Waals surface area contributed by atoms with Gasteiger partial charge in [0, 0.05) is 13.0 Å². The average Bonchev–Trinajstić information content (AvgIpc) is 2.80. The molecule has 0 saturated heterocycles. The van der Waals surface area contributed by atoms with Gasteiger partial charge in [-0.25, -0.2) is 0 Å². The molecule has 3 nitrogen and oxygen atoms in total. The highest BCUT2D eigenvalue weighted by Gasteiger charge is 2.01. The highest BCUT2D eigenvalue weighted by atomic mass is 16.3. The lowest BCUT2D eigenvalue weighted by Crippen LogP contribution is -2.22. The van der Waals surface area contributed by atoms with Crippen LogP contribution in [0.5, 0.6) is 0 Å². The first-order valence-corrected chi connectivity index (χ1v) is 12.9. The molecule has 176 valence electrons. The van der Waals surface area contributed by atoms with E-state index in [1.54, 1.807) is 0 Å². The number of nitrogens with one attached hydrogen (secondary N) is 1. The SMILES string of the molecule is CCCCCCCCCCCCCC/C=C\CCCC(=O)NCc1cccc(CO)c1. The van der Waals surface area contributed by atoms with Gasteiger partial charge in [-0.05, 0) is 36.8 Å². The van der Waals surface area contributed by atoms with Gasteiger partial charge in [0.2, 0.25) is 5.91 Å². The molecular weight excluding hydrogens is 382 g/mol. The van der Waals surface area contributed by atoms with Crippen LogP contribution < -0.4 is 5.32 Å². The minimum atomic E-state index is 0.0351. The maximum absolute atomic E-state index is 11.9. The molecule has 3 heteroatoms. The van der Waals surface area contributed by atoms with Gasteiger partial charge < -0.3 is 10.4 Å². The Kier molecular flexibility index (Phi) is 18.0. The van der Waals surface area contributed by atoms with Crippen LogP contribution in [0.25, 0.3) is 0 Å². The summed E-state index contributed by atoms with van der Waals surface area (Å²) in [5.74, 6) is 0.101. The Balaban J connectivity index is 1.86. The molecule has 1 aromatic carbocycles. The minimum absolute atomic E-state index is 0.0351. The number of rotatable bonds is 20. The van der Waals surface area contributed by atoms with Crippen LogP contribution in [0.3, 0.4) is 0 Å². The van der Waals surface area contributed by atoms with E-state index in [4.69, 9.17) is 5.11 Å². The van der Waals surface area contributed by atoms with E-state index in [0.717, 1.165) is 24.0 Å². The monoisotopic (exact) mass is 429 g/mol. The third-order valence-corrected chi connectivity index (χ3v) is 5.83. The van der Waals surface area contributed by atoms with Crippen molar-refractivity contribution in [3.05, 3.63) is 47.5 Å². The first-order valence-electron chi connectivity index (χ1n) is 12.9. The molecule has 1 amide bonds. The van der Waals surface area contributed by atoms with Crippen molar-refractivity contribution in [3.63, 3.8) is 0 Å². The predicted molar refractivity (Wildman–Crippen MR) is 133 cm³/mol. The zero-order chi connectivity index (χ0) is 22.4. The summed E-state index contributed by atoms with van der Waals surface area (Å²) in [5, 5.41) is 12.1. The second-order valence-corrected chi connectivity index (χ2v) is 8.80. The molecule has 0 atom stereocenters. The van der Waals surface area contributed by atoms with E-state index in [1.807, 2.05) is 24.3 Å². The normalized spacial score (nSPS) is 11.3. The third-order valence-electron chi connectivity index (χ3n) is 5.83. The number of hydrogen-bond donors (Lipinski definition) is 2. The number of allylic oxidation sites excluding steroid dienone is 2. The van der Waals surface area contributed by atoms with Crippen molar-refractivity contribution in [3.8, 4) is 0 Å². The number of unbranched alkanes of at least 4 members (excludes halogenated alkanes) is 13. The molecule has 0 aliphatic heterocycles. The first kappa shape index (κ1) is 27.4. The van der Waals surface area contributed by atoms with Crippen LogP contribution in [0, 0.1) is 0 Å². The predicted octanol–water partition coefficient (Wildman–Crippen LogP) is 7.61. The van der Waals surface area contributed by atoms with Crippen LogP contribution in [-0.4, -0.2) is 11.0 Å². The molecule has 0 heterocycles. The van der Waals surface area contributed by atoms with Gasteiger partial charge in [0.15, 0.2) is 0 Å². The Morgan fingerprint density at radius 3 is 1.97 bits per heavy atom. The average molecular weight is 430 g/mol. The summed E-state index contributed by atoms with van der Waals surface area (Å²) in [7, 11) is 0.